The maximum Gasteiger partial charge on any atom is 0.224 e. The highest BCUT2D eigenvalue weighted by Crippen LogP contribution is 2.25. The maximum atomic E-state index is 12.6. The quantitative estimate of drug-likeness (QED) is 0.815. The summed E-state index contributed by atoms with van der Waals surface area (Å²) in [5.41, 5.74) is 1.57. The Morgan fingerprint density at radius 1 is 1.21 bits per heavy atom. The van der Waals surface area contributed by atoms with E-state index in [0.717, 1.165) is 58.5 Å². The maximum absolute atomic E-state index is 12.6. The summed E-state index contributed by atoms with van der Waals surface area (Å²) in [5.74, 6) is 0.435. The van der Waals surface area contributed by atoms with Gasteiger partial charge in [0.1, 0.15) is 0 Å². The zero-order valence-corrected chi connectivity index (χ0v) is 18.0. The van der Waals surface area contributed by atoms with E-state index in [1.165, 1.54) is 18.4 Å². The molecule has 156 valence electrons. The van der Waals surface area contributed by atoms with Gasteiger partial charge in [-0.3, -0.25) is 19.6 Å². The number of likely N-dealkylation sites (tertiary alicyclic amines) is 2. The molecule has 1 unspecified atom stereocenters. The van der Waals surface area contributed by atoms with E-state index in [-0.39, 0.29) is 17.2 Å². The highest BCUT2D eigenvalue weighted by atomic mass is 16.1. The fraction of sp³-hybridized carbons (Fsp3) is 0.739. The van der Waals surface area contributed by atoms with Gasteiger partial charge in [0, 0.05) is 38.1 Å². The summed E-state index contributed by atoms with van der Waals surface area (Å²) < 4.78 is 0. The second-order valence-electron chi connectivity index (χ2n) is 9.80. The van der Waals surface area contributed by atoms with Crippen LogP contribution < -0.4 is 5.32 Å². The van der Waals surface area contributed by atoms with Crippen molar-refractivity contribution in [3.63, 3.8) is 0 Å². The molecule has 1 amide bonds. The molecule has 0 spiro atoms. The summed E-state index contributed by atoms with van der Waals surface area (Å²) in [4.78, 5) is 22.0. The van der Waals surface area contributed by atoms with Crippen LogP contribution in [0.5, 0.6) is 0 Å². The molecule has 1 N–H and O–H groups in total. The molecule has 2 aliphatic heterocycles. The number of piperidine rings is 2. The third-order valence-corrected chi connectivity index (χ3v) is 6.20. The van der Waals surface area contributed by atoms with Gasteiger partial charge in [0.25, 0.3) is 0 Å². The van der Waals surface area contributed by atoms with E-state index >= 15 is 0 Å². The number of carbonyl (C=O) groups is 1. The highest BCUT2D eigenvalue weighted by molar-refractivity contribution is 5.78. The van der Waals surface area contributed by atoms with Crippen molar-refractivity contribution in [3.8, 4) is 0 Å². The Morgan fingerprint density at radius 3 is 2.68 bits per heavy atom. The van der Waals surface area contributed by atoms with Crippen LogP contribution in [0, 0.1) is 11.3 Å². The smallest absolute Gasteiger partial charge is 0.224 e. The van der Waals surface area contributed by atoms with Crippen LogP contribution in [-0.4, -0.2) is 59.5 Å². The predicted octanol–water partition coefficient (Wildman–Crippen LogP) is 3.31. The Labute approximate surface area is 170 Å². The van der Waals surface area contributed by atoms with Gasteiger partial charge in [0.05, 0.1) is 5.92 Å². The van der Waals surface area contributed by atoms with Crippen molar-refractivity contribution < 1.29 is 4.79 Å². The molecule has 2 fully saturated rings. The Kier molecular flexibility index (Phi) is 7.47. The Hall–Kier alpha value is -1.46. The summed E-state index contributed by atoms with van der Waals surface area (Å²) in [6.45, 7) is 12.8. The van der Waals surface area contributed by atoms with E-state index in [2.05, 4.69) is 46.9 Å². The normalized spacial score (nSPS) is 22.9. The lowest BCUT2D eigenvalue weighted by Gasteiger charge is -2.42. The Morgan fingerprint density at radius 2 is 2.00 bits per heavy atom. The molecule has 2 aliphatic rings. The standard InChI is InChI=1S/C23H38N4O/c1-23(2,3)10-12-25-22(28)20-7-5-13-27(18-20)21-8-14-26(15-9-21)17-19-6-4-11-24-16-19/h4,6,11,16,20-21H,5,7-10,12-15,17-18H2,1-3H3,(H,25,28). The number of amides is 1. The van der Waals surface area contributed by atoms with Crippen molar-refractivity contribution in [1.82, 2.24) is 20.1 Å². The van der Waals surface area contributed by atoms with E-state index in [1.54, 1.807) is 0 Å². The van der Waals surface area contributed by atoms with E-state index in [4.69, 9.17) is 0 Å². The molecular weight excluding hydrogens is 348 g/mol. The first-order valence-electron chi connectivity index (χ1n) is 11.0. The number of hydrogen-bond donors (Lipinski definition) is 1. The van der Waals surface area contributed by atoms with Gasteiger partial charge in [0.2, 0.25) is 5.91 Å². The van der Waals surface area contributed by atoms with Crippen LogP contribution in [0.2, 0.25) is 0 Å². The molecule has 0 bridgehead atoms. The molecule has 5 nitrogen and oxygen atoms in total. The highest BCUT2D eigenvalue weighted by Gasteiger charge is 2.31. The molecule has 0 aliphatic carbocycles. The zero-order chi connectivity index (χ0) is 20.0. The summed E-state index contributed by atoms with van der Waals surface area (Å²) >= 11 is 0. The Balaban J connectivity index is 1.41. The fourth-order valence-electron chi connectivity index (χ4n) is 4.45. The van der Waals surface area contributed by atoms with E-state index in [9.17, 15) is 4.79 Å². The minimum Gasteiger partial charge on any atom is -0.356 e. The molecule has 1 aromatic rings. The summed E-state index contributed by atoms with van der Waals surface area (Å²) in [6, 6.07) is 4.81. The van der Waals surface area contributed by atoms with Crippen LogP contribution in [-0.2, 0) is 11.3 Å². The molecular formula is C23H38N4O. The van der Waals surface area contributed by atoms with Gasteiger partial charge in [-0.15, -0.1) is 0 Å². The topological polar surface area (TPSA) is 48.5 Å². The first-order chi connectivity index (χ1) is 13.4. The third kappa shape index (κ3) is 6.56. The lowest BCUT2D eigenvalue weighted by molar-refractivity contribution is -0.127. The lowest BCUT2D eigenvalue weighted by Crippen LogP contribution is -2.50. The average molecular weight is 387 g/mol. The first kappa shape index (κ1) is 21.3. The number of hydrogen-bond acceptors (Lipinski definition) is 4. The van der Waals surface area contributed by atoms with Crippen molar-refractivity contribution in [3.05, 3.63) is 30.1 Å². The number of pyridine rings is 1. The van der Waals surface area contributed by atoms with Crippen LogP contribution in [0.15, 0.2) is 24.5 Å². The van der Waals surface area contributed by atoms with Gasteiger partial charge in [-0.1, -0.05) is 26.8 Å². The first-order valence-corrected chi connectivity index (χ1v) is 11.0. The van der Waals surface area contributed by atoms with Crippen LogP contribution in [0.4, 0.5) is 0 Å². The van der Waals surface area contributed by atoms with Gasteiger partial charge in [0.15, 0.2) is 0 Å². The van der Waals surface area contributed by atoms with Gasteiger partial charge in [-0.05, 0) is 68.8 Å². The third-order valence-electron chi connectivity index (χ3n) is 6.20. The molecule has 5 heteroatoms. The van der Waals surface area contributed by atoms with Crippen LogP contribution in [0.3, 0.4) is 0 Å². The molecule has 28 heavy (non-hydrogen) atoms. The number of nitrogens with one attached hydrogen (secondary N) is 1. The SMILES string of the molecule is CC(C)(C)CCNC(=O)C1CCCN(C2CCN(Cc3cccnc3)CC2)C1. The monoisotopic (exact) mass is 386 g/mol. The lowest BCUT2D eigenvalue weighted by atomic mass is 9.91. The molecule has 2 saturated heterocycles. The molecule has 1 atom stereocenters. The fourth-order valence-corrected chi connectivity index (χ4v) is 4.45. The second kappa shape index (κ2) is 9.84. The van der Waals surface area contributed by atoms with Gasteiger partial charge >= 0.3 is 0 Å². The molecule has 3 rings (SSSR count). The zero-order valence-electron chi connectivity index (χ0n) is 18.0. The van der Waals surface area contributed by atoms with Crippen molar-refractivity contribution in [2.75, 3.05) is 32.7 Å². The molecule has 0 radical (unpaired) electrons. The summed E-state index contributed by atoms with van der Waals surface area (Å²) in [7, 11) is 0. The number of nitrogens with zero attached hydrogens (tertiary/aromatic N) is 3. The van der Waals surface area contributed by atoms with Gasteiger partial charge in [-0.25, -0.2) is 0 Å². The molecule has 3 heterocycles. The average Bonchev–Trinajstić information content (AvgIpc) is 2.68. The van der Waals surface area contributed by atoms with Gasteiger partial charge in [-0.2, -0.15) is 0 Å². The number of aromatic nitrogens is 1. The molecule has 0 aromatic carbocycles. The number of carbonyl (C=O) groups excluding carboxylic acids is 1. The molecule has 0 saturated carbocycles. The summed E-state index contributed by atoms with van der Waals surface area (Å²) in [6.07, 6.45) is 9.44. The van der Waals surface area contributed by atoms with Crippen molar-refractivity contribution >= 4 is 5.91 Å². The van der Waals surface area contributed by atoms with E-state index in [0.29, 0.717) is 6.04 Å². The van der Waals surface area contributed by atoms with Crippen LogP contribution >= 0.6 is 0 Å². The van der Waals surface area contributed by atoms with Crippen molar-refractivity contribution in [2.45, 2.75) is 65.5 Å². The minimum absolute atomic E-state index is 0.169. The van der Waals surface area contributed by atoms with Gasteiger partial charge < -0.3 is 5.32 Å². The largest absolute Gasteiger partial charge is 0.356 e. The van der Waals surface area contributed by atoms with Crippen LogP contribution in [0.1, 0.15) is 58.4 Å². The number of rotatable bonds is 6. The second-order valence-corrected chi connectivity index (χ2v) is 9.80. The minimum atomic E-state index is 0.169. The Bertz CT molecular complexity index is 605. The van der Waals surface area contributed by atoms with Crippen molar-refractivity contribution in [1.29, 1.82) is 0 Å². The predicted molar refractivity (Wildman–Crippen MR) is 114 cm³/mol. The van der Waals surface area contributed by atoms with E-state index in [1.807, 2.05) is 18.5 Å². The van der Waals surface area contributed by atoms with Crippen LogP contribution in [0.25, 0.3) is 0 Å². The molecule has 1 aromatic heterocycles. The van der Waals surface area contributed by atoms with E-state index < -0.39 is 0 Å². The van der Waals surface area contributed by atoms with Crippen molar-refractivity contribution in [2.24, 2.45) is 11.3 Å². The summed E-state index contributed by atoms with van der Waals surface area (Å²) in [5, 5.41) is 3.19.